The van der Waals surface area contributed by atoms with Crippen molar-refractivity contribution >= 4 is 22.4 Å². The van der Waals surface area contributed by atoms with Gasteiger partial charge < -0.3 is 9.64 Å². The van der Waals surface area contributed by atoms with E-state index in [0.29, 0.717) is 19.1 Å². The Hall–Kier alpha value is -1.17. The van der Waals surface area contributed by atoms with E-state index < -0.39 is 5.41 Å². The second-order valence-corrected chi connectivity index (χ2v) is 7.27. The summed E-state index contributed by atoms with van der Waals surface area (Å²) >= 11 is 1.63. The van der Waals surface area contributed by atoms with Gasteiger partial charge in [-0.15, -0.1) is 10.2 Å². The molecule has 0 N–H and O–H groups in total. The Kier molecular flexibility index (Phi) is 4.86. The van der Waals surface area contributed by atoms with E-state index >= 15 is 0 Å². The summed E-state index contributed by atoms with van der Waals surface area (Å²) in [6.07, 6.45) is 0.820. The summed E-state index contributed by atoms with van der Waals surface area (Å²) in [5.74, 6) is 0.564. The fourth-order valence-electron chi connectivity index (χ4n) is 2.73. The second-order valence-electron chi connectivity index (χ2n) is 6.28. The molecular formula is C15H25N3O2S. The Bertz CT molecular complexity index is 501. The zero-order chi connectivity index (χ0) is 15.6. The third-order valence-corrected chi connectivity index (χ3v) is 5.57. The third-order valence-electron chi connectivity index (χ3n) is 4.28. The molecule has 1 atom stereocenters. The van der Waals surface area contributed by atoms with Gasteiger partial charge in [0, 0.05) is 19.0 Å². The van der Waals surface area contributed by atoms with Crippen LogP contribution in [0.4, 0.5) is 5.13 Å². The van der Waals surface area contributed by atoms with E-state index in [9.17, 15) is 4.79 Å². The lowest BCUT2D eigenvalue weighted by Crippen LogP contribution is -2.40. The average Bonchev–Trinajstić information content (AvgIpc) is 3.06. The second kappa shape index (κ2) is 6.30. The minimum absolute atomic E-state index is 0.0731. The summed E-state index contributed by atoms with van der Waals surface area (Å²) < 4.78 is 5.32. The van der Waals surface area contributed by atoms with E-state index in [4.69, 9.17) is 4.74 Å². The lowest BCUT2D eigenvalue weighted by atomic mass is 9.76. The average molecular weight is 311 g/mol. The van der Waals surface area contributed by atoms with Gasteiger partial charge in [0.05, 0.1) is 12.0 Å². The number of anilines is 1. The molecule has 1 aromatic heterocycles. The standard InChI is InChI=1S/C15H25N3O2S/c1-6-20-13(19)15(11(4)5)7-8-18(9-15)14-17-16-12(21-14)10(2)3/h10-11H,6-9H2,1-5H3. The monoisotopic (exact) mass is 311 g/mol. The Morgan fingerprint density at radius 3 is 2.62 bits per heavy atom. The number of aromatic nitrogens is 2. The quantitative estimate of drug-likeness (QED) is 0.782. The molecule has 0 radical (unpaired) electrons. The lowest BCUT2D eigenvalue weighted by Gasteiger charge is -2.30. The number of esters is 1. The fourth-order valence-corrected chi connectivity index (χ4v) is 3.60. The Morgan fingerprint density at radius 2 is 2.10 bits per heavy atom. The highest BCUT2D eigenvalue weighted by atomic mass is 32.1. The maximum atomic E-state index is 12.4. The van der Waals surface area contributed by atoms with Gasteiger partial charge in [-0.1, -0.05) is 39.0 Å². The first-order valence-corrected chi connectivity index (χ1v) is 8.48. The molecule has 0 saturated carbocycles. The predicted octanol–water partition coefficient (Wildman–Crippen LogP) is 3.08. The molecule has 2 rings (SSSR count). The minimum atomic E-state index is -0.417. The van der Waals surface area contributed by atoms with Gasteiger partial charge in [0.25, 0.3) is 0 Å². The van der Waals surface area contributed by atoms with Crippen LogP contribution in [0.2, 0.25) is 0 Å². The maximum Gasteiger partial charge on any atom is 0.314 e. The van der Waals surface area contributed by atoms with Crippen molar-refractivity contribution < 1.29 is 9.53 Å². The Balaban J connectivity index is 2.17. The van der Waals surface area contributed by atoms with E-state index in [0.717, 1.165) is 23.1 Å². The van der Waals surface area contributed by atoms with Crippen molar-refractivity contribution in [1.29, 1.82) is 0 Å². The van der Waals surface area contributed by atoms with Gasteiger partial charge in [0.15, 0.2) is 0 Å². The molecule has 0 bridgehead atoms. The van der Waals surface area contributed by atoms with Crippen LogP contribution in [0.3, 0.4) is 0 Å². The van der Waals surface area contributed by atoms with Crippen molar-refractivity contribution in [3.8, 4) is 0 Å². The first kappa shape index (κ1) is 16.2. The van der Waals surface area contributed by atoms with Gasteiger partial charge in [-0.05, 0) is 19.3 Å². The Labute approximate surface area is 130 Å². The van der Waals surface area contributed by atoms with Gasteiger partial charge in [-0.25, -0.2) is 0 Å². The summed E-state index contributed by atoms with van der Waals surface area (Å²) in [5, 5.41) is 10.5. The molecule has 1 fully saturated rings. The van der Waals surface area contributed by atoms with Crippen molar-refractivity contribution in [2.75, 3.05) is 24.6 Å². The topological polar surface area (TPSA) is 55.3 Å². The van der Waals surface area contributed by atoms with Crippen molar-refractivity contribution in [1.82, 2.24) is 10.2 Å². The predicted molar refractivity (Wildman–Crippen MR) is 84.7 cm³/mol. The highest BCUT2D eigenvalue weighted by molar-refractivity contribution is 7.15. The van der Waals surface area contributed by atoms with Crippen LogP contribution >= 0.6 is 11.3 Å². The van der Waals surface area contributed by atoms with E-state index in [1.165, 1.54) is 0 Å². The van der Waals surface area contributed by atoms with E-state index in [-0.39, 0.29) is 11.9 Å². The number of hydrogen-bond acceptors (Lipinski definition) is 6. The van der Waals surface area contributed by atoms with E-state index in [2.05, 4.69) is 42.8 Å². The molecule has 118 valence electrons. The number of nitrogens with zero attached hydrogens (tertiary/aromatic N) is 3. The highest BCUT2D eigenvalue weighted by Crippen LogP contribution is 2.41. The molecule has 2 heterocycles. The molecule has 1 unspecified atom stereocenters. The molecule has 1 aromatic rings. The molecule has 0 aromatic carbocycles. The zero-order valence-electron chi connectivity index (χ0n) is 13.5. The SMILES string of the molecule is CCOC(=O)C1(C(C)C)CCN(c2nnc(C(C)C)s2)C1. The first-order valence-electron chi connectivity index (χ1n) is 7.66. The molecule has 0 aliphatic carbocycles. The fraction of sp³-hybridized carbons (Fsp3) is 0.800. The molecule has 1 aliphatic rings. The molecular weight excluding hydrogens is 286 g/mol. The number of carbonyl (C=O) groups excluding carboxylic acids is 1. The molecule has 1 aliphatic heterocycles. The van der Waals surface area contributed by atoms with Crippen LogP contribution in [-0.2, 0) is 9.53 Å². The summed E-state index contributed by atoms with van der Waals surface area (Å²) in [6, 6.07) is 0. The minimum Gasteiger partial charge on any atom is -0.466 e. The first-order chi connectivity index (χ1) is 9.90. The van der Waals surface area contributed by atoms with Crippen LogP contribution in [0, 0.1) is 11.3 Å². The zero-order valence-corrected chi connectivity index (χ0v) is 14.4. The summed E-state index contributed by atoms with van der Waals surface area (Å²) in [4.78, 5) is 14.6. The van der Waals surface area contributed by atoms with Gasteiger partial charge >= 0.3 is 5.97 Å². The normalized spacial score (nSPS) is 22.3. The smallest absolute Gasteiger partial charge is 0.314 e. The number of hydrogen-bond donors (Lipinski definition) is 0. The van der Waals surface area contributed by atoms with Crippen LogP contribution in [0.15, 0.2) is 0 Å². The van der Waals surface area contributed by atoms with Crippen LogP contribution in [0.1, 0.15) is 52.0 Å². The number of carbonyl (C=O) groups is 1. The molecule has 5 nitrogen and oxygen atoms in total. The van der Waals surface area contributed by atoms with Crippen molar-refractivity contribution in [2.24, 2.45) is 11.3 Å². The van der Waals surface area contributed by atoms with E-state index in [1.54, 1.807) is 11.3 Å². The van der Waals surface area contributed by atoms with Crippen LogP contribution in [-0.4, -0.2) is 35.9 Å². The Morgan fingerprint density at radius 1 is 1.38 bits per heavy atom. The highest BCUT2D eigenvalue weighted by Gasteiger charge is 2.49. The van der Waals surface area contributed by atoms with Gasteiger partial charge in [-0.3, -0.25) is 4.79 Å². The van der Waals surface area contributed by atoms with Crippen molar-refractivity contribution in [3.63, 3.8) is 0 Å². The van der Waals surface area contributed by atoms with Gasteiger partial charge in [-0.2, -0.15) is 0 Å². The maximum absolute atomic E-state index is 12.4. The molecule has 0 amide bonds. The van der Waals surface area contributed by atoms with Crippen LogP contribution in [0.5, 0.6) is 0 Å². The van der Waals surface area contributed by atoms with Crippen LogP contribution < -0.4 is 4.90 Å². The lowest BCUT2D eigenvalue weighted by molar-refractivity contribution is -0.156. The number of rotatable bonds is 5. The molecule has 1 saturated heterocycles. The molecule has 6 heteroatoms. The van der Waals surface area contributed by atoms with Gasteiger partial charge in [0.1, 0.15) is 5.01 Å². The number of ether oxygens (including phenoxy) is 1. The third kappa shape index (κ3) is 3.05. The summed E-state index contributed by atoms with van der Waals surface area (Å²) in [7, 11) is 0. The summed E-state index contributed by atoms with van der Waals surface area (Å²) in [6.45, 7) is 12.2. The van der Waals surface area contributed by atoms with Crippen LogP contribution in [0.25, 0.3) is 0 Å². The largest absolute Gasteiger partial charge is 0.466 e. The summed E-state index contributed by atoms with van der Waals surface area (Å²) in [5.41, 5.74) is -0.417. The molecule has 21 heavy (non-hydrogen) atoms. The van der Waals surface area contributed by atoms with Crippen molar-refractivity contribution in [3.05, 3.63) is 5.01 Å². The van der Waals surface area contributed by atoms with E-state index in [1.807, 2.05) is 6.92 Å². The van der Waals surface area contributed by atoms with Crippen molar-refractivity contribution in [2.45, 2.75) is 47.0 Å². The molecule has 0 spiro atoms. The van der Waals surface area contributed by atoms with Gasteiger partial charge in [0.2, 0.25) is 5.13 Å².